The number of unbranched alkanes of at least 4 members (excludes halogenated alkanes) is 2. The lowest BCUT2D eigenvalue weighted by Crippen LogP contribution is -2.51. The smallest absolute Gasteiger partial charge is 0.408 e. The van der Waals surface area contributed by atoms with Gasteiger partial charge in [0.25, 0.3) is 5.91 Å². The maximum Gasteiger partial charge on any atom is 0.408 e. The number of carbonyl (C=O) groups is 3. The summed E-state index contributed by atoms with van der Waals surface area (Å²) in [4.78, 5) is 42.2. The maximum atomic E-state index is 14.1. The first kappa shape index (κ1) is 30.7. The van der Waals surface area contributed by atoms with Crippen LogP contribution >= 0.6 is 0 Å². The zero-order valence-corrected chi connectivity index (χ0v) is 24.8. The number of aryl methyl sites for hydroxylation is 2. The first-order valence-electron chi connectivity index (χ1n) is 14.1. The number of rotatable bonds is 10. The number of fused-ring (bicyclic) bond motifs is 1. The van der Waals surface area contributed by atoms with Crippen LogP contribution in [-0.2, 0) is 14.3 Å². The summed E-state index contributed by atoms with van der Waals surface area (Å²) < 4.78 is 5.38. The molecular weight excluding hydrogens is 502 g/mol. The van der Waals surface area contributed by atoms with Crippen LogP contribution in [0.2, 0.25) is 0 Å². The molecule has 0 aliphatic carbocycles. The van der Waals surface area contributed by atoms with Crippen LogP contribution in [0.4, 0.5) is 10.5 Å². The van der Waals surface area contributed by atoms with Gasteiger partial charge in [-0.2, -0.15) is 0 Å². The van der Waals surface area contributed by atoms with Crippen LogP contribution < -0.4 is 10.6 Å². The molecule has 3 rings (SSSR count). The number of alkyl carbamates (subject to hydrolysis) is 1. The summed E-state index contributed by atoms with van der Waals surface area (Å²) in [5.41, 5.74) is 2.57. The van der Waals surface area contributed by atoms with Crippen LogP contribution in [0, 0.1) is 13.8 Å². The summed E-state index contributed by atoms with van der Waals surface area (Å²) >= 11 is 0. The number of hydrogen-bond donors (Lipinski definition) is 2. The average molecular weight is 546 g/mol. The first-order chi connectivity index (χ1) is 18.9. The Labute approximate surface area is 238 Å². The van der Waals surface area contributed by atoms with E-state index in [1.54, 1.807) is 32.6 Å². The van der Waals surface area contributed by atoms with Crippen molar-refractivity contribution < 1.29 is 19.1 Å². The Morgan fingerprint density at radius 3 is 2.17 bits per heavy atom. The third-order valence-corrected chi connectivity index (χ3v) is 6.78. The number of hydrogen-bond acceptors (Lipinski definition) is 4. The van der Waals surface area contributed by atoms with Gasteiger partial charge in [0, 0.05) is 12.2 Å². The number of nitrogens with zero attached hydrogens (tertiary/aromatic N) is 1. The number of nitrogens with one attached hydrogen (secondary N) is 2. The molecule has 3 aromatic rings. The molecule has 0 fully saturated rings. The Hall–Kier alpha value is -3.87. The molecule has 3 amide bonds. The monoisotopic (exact) mass is 545 g/mol. The van der Waals surface area contributed by atoms with Gasteiger partial charge in [-0.25, -0.2) is 4.79 Å². The second-order valence-corrected chi connectivity index (χ2v) is 11.4. The molecule has 0 aliphatic rings. The van der Waals surface area contributed by atoms with Gasteiger partial charge in [-0.1, -0.05) is 68.3 Å². The van der Waals surface area contributed by atoms with Gasteiger partial charge in [0.05, 0.1) is 0 Å². The molecule has 0 saturated carbocycles. The Balaban J connectivity index is 2.01. The molecule has 0 saturated heterocycles. The fourth-order valence-corrected chi connectivity index (χ4v) is 4.86. The van der Waals surface area contributed by atoms with Crippen LogP contribution in [0.15, 0.2) is 60.7 Å². The number of ether oxygens (including phenoxy) is 1. The zero-order chi connectivity index (χ0) is 29.4. The highest BCUT2D eigenvalue weighted by Gasteiger charge is 2.36. The van der Waals surface area contributed by atoms with Gasteiger partial charge in [-0.05, 0) is 87.6 Å². The standard InChI is InChI=1S/C33H43N3O4/c1-8-9-12-20-36(31(38)24(4)34-32(39)40-33(5,6)7)29(28-22(2)14-13-15-23(28)3)30(37)35-27-19-18-25-16-10-11-17-26(25)21-27/h10-11,13-19,21,24,29H,8-9,12,20H2,1-7H3,(H,34,39)(H,35,37). The van der Waals surface area contributed by atoms with Gasteiger partial charge >= 0.3 is 6.09 Å². The van der Waals surface area contributed by atoms with Gasteiger partial charge in [-0.3, -0.25) is 9.59 Å². The minimum Gasteiger partial charge on any atom is -0.444 e. The fourth-order valence-electron chi connectivity index (χ4n) is 4.86. The second kappa shape index (κ2) is 13.5. The lowest BCUT2D eigenvalue weighted by Gasteiger charge is -2.35. The van der Waals surface area contributed by atoms with E-state index < -0.39 is 23.8 Å². The van der Waals surface area contributed by atoms with Gasteiger partial charge in [0.2, 0.25) is 5.91 Å². The van der Waals surface area contributed by atoms with Crippen molar-refractivity contribution in [3.8, 4) is 0 Å². The highest BCUT2D eigenvalue weighted by atomic mass is 16.6. The topological polar surface area (TPSA) is 87.7 Å². The molecule has 0 radical (unpaired) electrons. The van der Waals surface area contributed by atoms with Crippen LogP contribution in [0.25, 0.3) is 10.8 Å². The number of carbonyl (C=O) groups excluding carboxylic acids is 3. The molecule has 2 atom stereocenters. The zero-order valence-electron chi connectivity index (χ0n) is 24.8. The van der Waals surface area contributed by atoms with E-state index in [4.69, 9.17) is 4.74 Å². The lowest BCUT2D eigenvalue weighted by molar-refractivity contribution is -0.140. The summed E-state index contributed by atoms with van der Waals surface area (Å²) in [6, 6.07) is 17.8. The predicted octanol–water partition coefficient (Wildman–Crippen LogP) is 7.07. The summed E-state index contributed by atoms with van der Waals surface area (Å²) in [5.74, 6) is -0.648. The highest BCUT2D eigenvalue weighted by Crippen LogP contribution is 2.30. The van der Waals surface area contributed by atoms with E-state index in [1.165, 1.54) is 0 Å². The molecule has 0 bridgehead atoms. The molecule has 0 aromatic heterocycles. The fraction of sp³-hybridized carbons (Fsp3) is 0.424. The van der Waals surface area contributed by atoms with E-state index in [-0.39, 0.29) is 11.8 Å². The van der Waals surface area contributed by atoms with E-state index in [0.717, 1.165) is 46.7 Å². The second-order valence-electron chi connectivity index (χ2n) is 11.4. The molecule has 0 aliphatic heterocycles. The molecule has 0 heterocycles. The molecule has 7 nitrogen and oxygen atoms in total. The predicted molar refractivity (Wildman–Crippen MR) is 161 cm³/mol. The lowest BCUT2D eigenvalue weighted by atomic mass is 9.93. The average Bonchev–Trinajstić information content (AvgIpc) is 2.87. The van der Waals surface area contributed by atoms with Gasteiger partial charge in [0.15, 0.2) is 0 Å². The number of benzene rings is 3. The van der Waals surface area contributed by atoms with Crippen LogP contribution in [0.5, 0.6) is 0 Å². The minimum atomic E-state index is -0.892. The van der Waals surface area contributed by atoms with Crippen molar-refractivity contribution in [3.05, 3.63) is 77.4 Å². The maximum absolute atomic E-state index is 14.1. The summed E-state index contributed by atoms with van der Waals surface area (Å²) in [6.07, 6.45) is 1.92. The SMILES string of the molecule is CCCCCN(C(=O)C(C)NC(=O)OC(C)(C)C)C(C(=O)Nc1ccc2ccccc2c1)c1c(C)cccc1C. The molecule has 7 heteroatoms. The van der Waals surface area contributed by atoms with E-state index in [2.05, 4.69) is 17.6 Å². The van der Waals surface area contributed by atoms with Gasteiger partial charge in [-0.15, -0.1) is 0 Å². The molecule has 3 aromatic carbocycles. The van der Waals surface area contributed by atoms with E-state index in [9.17, 15) is 14.4 Å². The van der Waals surface area contributed by atoms with Crippen molar-refractivity contribution in [2.24, 2.45) is 0 Å². The van der Waals surface area contributed by atoms with Crippen LogP contribution in [0.3, 0.4) is 0 Å². The Morgan fingerprint density at radius 2 is 1.55 bits per heavy atom. The van der Waals surface area contributed by atoms with E-state index in [0.29, 0.717) is 12.2 Å². The molecule has 40 heavy (non-hydrogen) atoms. The van der Waals surface area contributed by atoms with E-state index in [1.807, 2.05) is 74.5 Å². The number of anilines is 1. The van der Waals surface area contributed by atoms with Gasteiger partial charge < -0.3 is 20.3 Å². The first-order valence-corrected chi connectivity index (χ1v) is 14.1. The molecule has 2 N–H and O–H groups in total. The van der Waals surface area contributed by atoms with Crippen molar-refractivity contribution in [3.63, 3.8) is 0 Å². The normalized spacial score (nSPS) is 12.9. The highest BCUT2D eigenvalue weighted by molar-refractivity contribution is 6.00. The third-order valence-electron chi connectivity index (χ3n) is 6.78. The molecule has 0 spiro atoms. The number of amides is 3. The molecule has 2 unspecified atom stereocenters. The van der Waals surface area contributed by atoms with Crippen molar-refractivity contribution >= 4 is 34.4 Å². The van der Waals surface area contributed by atoms with E-state index >= 15 is 0 Å². The molecule has 214 valence electrons. The summed E-state index contributed by atoms with van der Waals surface area (Å²) in [7, 11) is 0. The van der Waals surface area contributed by atoms with Gasteiger partial charge in [0.1, 0.15) is 17.7 Å². The van der Waals surface area contributed by atoms with Crippen LogP contribution in [0.1, 0.15) is 76.6 Å². The Morgan fingerprint density at radius 1 is 0.900 bits per heavy atom. The molecular formula is C33H43N3O4. The Bertz CT molecular complexity index is 1320. The quantitative estimate of drug-likeness (QED) is 0.267. The summed E-state index contributed by atoms with van der Waals surface area (Å²) in [5, 5.41) is 7.83. The van der Waals surface area contributed by atoms with Crippen molar-refractivity contribution in [1.29, 1.82) is 0 Å². The van der Waals surface area contributed by atoms with Crippen LogP contribution in [-0.4, -0.2) is 41.0 Å². The Kier molecular flexibility index (Phi) is 10.3. The van der Waals surface area contributed by atoms with Crippen molar-refractivity contribution in [2.45, 2.75) is 85.4 Å². The van der Waals surface area contributed by atoms with Crippen molar-refractivity contribution in [1.82, 2.24) is 10.2 Å². The van der Waals surface area contributed by atoms with Crippen molar-refractivity contribution in [2.75, 3.05) is 11.9 Å². The minimum absolute atomic E-state index is 0.304. The summed E-state index contributed by atoms with van der Waals surface area (Å²) in [6.45, 7) is 13.3. The largest absolute Gasteiger partial charge is 0.444 e. The third kappa shape index (κ3) is 8.07.